The highest BCUT2D eigenvalue weighted by atomic mass is 16.5. The SMILES string of the molecule is Cc1ccc(C(=O)COC(=O)c2ccccc2N2C(=O)C3C4C=CC(C5CC45)C3C2=O)cc1C. The van der Waals surface area contributed by atoms with Crippen molar-refractivity contribution in [1.82, 2.24) is 0 Å². The highest BCUT2D eigenvalue weighted by Crippen LogP contribution is 2.65. The third kappa shape index (κ3) is 3.01. The Morgan fingerprint density at radius 2 is 1.56 bits per heavy atom. The van der Waals surface area contributed by atoms with Gasteiger partial charge in [-0.05, 0) is 73.3 Å². The van der Waals surface area contributed by atoms with Crippen molar-refractivity contribution < 1.29 is 23.9 Å². The Bertz CT molecular complexity index is 1260. The number of aryl methyl sites for hydroxylation is 2. The number of benzene rings is 2. The predicted molar refractivity (Wildman–Crippen MR) is 124 cm³/mol. The van der Waals surface area contributed by atoms with Crippen LogP contribution in [0.4, 0.5) is 5.69 Å². The number of hydrogen-bond acceptors (Lipinski definition) is 5. The molecule has 0 spiro atoms. The summed E-state index contributed by atoms with van der Waals surface area (Å²) in [5, 5.41) is 0. The van der Waals surface area contributed by atoms with Crippen LogP contribution in [0.25, 0.3) is 0 Å². The van der Waals surface area contributed by atoms with Crippen LogP contribution >= 0.6 is 0 Å². The van der Waals surface area contributed by atoms with E-state index in [-0.39, 0.29) is 52.5 Å². The van der Waals surface area contributed by atoms with Gasteiger partial charge in [0.1, 0.15) is 0 Å². The first-order chi connectivity index (χ1) is 16.4. The second kappa shape index (κ2) is 7.49. The Morgan fingerprint density at radius 3 is 2.21 bits per heavy atom. The van der Waals surface area contributed by atoms with Gasteiger partial charge in [0.05, 0.1) is 23.1 Å². The lowest BCUT2D eigenvalue weighted by Crippen LogP contribution is -2.40. The minimum absolute atomic E-state index is 0.108. The van der Waals surface area contributed by atoms with Gasteiger partial charge in [-0.1, -0.05) is 36.4 Å². The molecule has 34 heavy (non-hydrogen) atoms. The number of hydrogen-bond donors (Lipinski definition) is 0. The number of carbonyl (C=O) groups is 4. The maximum absolute atomic E-state index is 13.5. The highest BCUT2D eigenvalue weighted by Gasteiger charge is 2.67. The summed E-state index contributed by atoms with van der Waals surface area (Å²) in [6.45, 7) is 3.46. The van der Waals surface area contributed by atoms with E-state index in [9.17, 15) is 19.2 Å². The predicted octanol–water partition coefficient (Wildman–Crippen LogP) is 3.90. The first kappa shape index (κ1) is 21.0. The molecule has 6 heteroatoms. The molecular formula is C28H25NO5. The minimum Gasteiger partial charge on any atom is -0.454 e. The Balaban J connectivity index is 1.23. The van der Waals surface area contributed by atoms with Gasteiger partial charge in [-0.15, -0.1) is 0 Å². The molecule has 1 saturated heterocycles. The number of nitrogens with zero attached hydrogens (tertiary/aromatic N) is 1. The van der Waals surface area contributed by atoms with E-state index in [1.54, 1.807) is 30.3 Å². The van der Waals surface area contributed by atoms with Gasteiger partial charge in [-0.3, -0.25) is 14.4 Å². The van der Waals surface area contributed by atoms with E-state index in [0.717, 1.165) is 17.5 Å². The van der Waals surface area contributed by atoms with Gasteiger partial charge in [0.25, 0.3) is 0 Å². The van der Waals surface area contributed by atoms with Crippen LogP contribution in [0.2, 0.25) is 0 Å². The van der Waals surface area contributed by atoms with Gasteiger partial charge in [0, 0.05) is 5.56 Å². The topological polar surface area (TPSA) is 80.8 Å². The molecule has 0 radical (unpaired) electrons. The summed E-state index contributed by atoms with van der Waals surface area (Å²) in [4.78, 5) is 53.6. The van der Waals surface area contributed by atoms with Crippen LogP contribution in [-0.2, 0) is 14.3 Å². The largest absolute Gasteiger partial charge is 0.454 e. The van der Waals surface area contributed by atoms with Crippen molar-refractivity contribution in [3.8, 4) is 0 Å². The summed E-state index contributed by atoms with van der Waals surface area (Å²) in [6.07, 6.45) is 5.33. The summed E-state index contributed by atoms with van der Waals surface area (Å²) < 4.78 is 5.33. The van der Waals surface area contributed by atoms with E-state index in [0.29, 0.717) is 17.4 Å². The van der Waals surface area contributed by atoms with Gasteiger partial charge in [0.2, 0.25) is 11.8 Å². The van der Waals surface area contributed by atoms with E-state index < -0.39 is 12.6 Å². The number of carbonyl (C=O) groups excluding carboxylic acids is 4. The van der Waals surface area contributed by atoms with Crippen molar-refractivity contribution in [3.63, 3.8) is 0 Å². The number of Topliss-reactive ketones (excluding diaryl/α,β-unsaturated/α-hetero) is 1. The van der Waals surface area contributed by atoms with Gasteiger partial charge in [-0.2, -0.15) is 0 Å². The second-order valence-corrected chi connectivity index (χ2v) is 9.98. The molecule has 2 amide bonds. The molecule has 0 N–H and O–H groups in total. The molecule has 2 bridgehead atoms. The lowest BCUT2D eigenvalue weighted by molar-refractivity contribution is -0.124. The van der Waals surface area contributed by atoms with E-state index in [4.69, 9.17) is 4.74 Å². The van der Waals surface area contributed by atoms with Crippen LogP contribution in [0.15, 0.2) is 54.6 Å². The fraction of sp³-hybridized carbons (Fsp3) is 0.357. The van der Waals surface area contributed by atoms with Gasteiger partial charge in [-0.25, -0.2) is 9.69 Å². The molecule has 6 unspecified atom stereocenters. The van der Waals surface area contributed by atoms with Crippen molar-refractivity contribution in [2.75, 3.05) is 11.5 Å². The average Bonchev–Trinajstić information content (AvgIpc) is 3.62. The van der Waals surface area contributed by atoms with Gasteiger partial charge < -0.3 is 4.74 Å². The van der Waals surface area contributed by atoms with Crippen LogP contribution in [0.5, 0.6) is 0 Å². The van der Waals surface area contributed by atoms with Crippen LogP contribution in [-0.4, -0.2) is 30.2 Å². The Morgan fingerprint density at radius 1 is 0.912 bits per heavy atom. The summed E-state index contributed by atoms with van der Waals surface area (Å²) in [6, 6.07) is 11.8. The van der Waals surface area contributed by atoms with Crippen LogP contribution in [0.1, 0.15) is 38.3 Å². The summed E-state index contributed by atoms with van der Waals surface area (Å²) in [5.74, 6) is -0.968. The molecule has 1 aliphatic heterocycles. The van der Waals surface area contributed by atoms with E-state index >= 15 is 0 Å². The lowest BCUT2D eigenvalue weighted by Gasteiger charge is -2.37. The van der Waals surface area contributed by atoms with Crippen LogP contribution in [0, 0.1) is 49.4 Å². The first-order valence-electron chi connectivity index (χ1n) is 11.8. The second-order valence-electron chi connectivity index (χ2n) is 9.98. The number of rotatable bonds is 5. The van der Waals surface area contributed by atoms with Crippen molar-refractivity contribution in [2.45, 2.75) is 20.3 Å². The number of imide groups is 1. The molecule has 5 aliphatic rings. The van der Waals surface area contributed by atoms with Crippen molar-refractivity contribution in [2.24, 2.45) is 35.5 Å². The molecule has 172 valence electrons. The Kier molecular flexibility index (Phi) is 4.63. The normalized spacial score (nSPS) is 30.2. The minimum atomic E-state index is -0.729. The summed E-state index contributed by atoms with van der Waals surface area (Å²) in [5.41, 5.74) is 2.88. The van der Waals surface area contributed by atoms with Gasteiger partial charge >= 0.3 is 5.97 Å². The zero-order valence-electron chi connectivity index (χ0n) is 19.1. The number of para-hydroxylation sites is 1. The monoisotopic (exact) mass is 455 g/mol. The fourth-order valence-electron chi connectivity index (χ4n) is 6.24. The molecule has 6 atom stereocenters. The molecule has 2 aromatic rings. The molecule has 4 aliphatic carbocycles. The molecule has 7 rings (SSSR count). The molecule has 6 nitrogen and oxygen atoms in total. The smallest absolute Gasteiger partial charge is 0.340 e. The van der Waals surface area contributed by atoms with Crippen LogP contribution < -0.4 is 4.90 Å². The molecule has 2 aromatic carbocycles. The highest BCUT2D eigenvalue weighted by molar-refractivity contribution is 6.24. The number of ketones is 1. The average molecular weight is 456 g/mol. The lowest BCUT2D eigenvalue weighted by atomic mass is 9.63. The maximum Gasteiger partial charge on any atom is 0.340 e. The Hall–Kier alpha value is -3.54. The van der Waals surface area contributed by atoms with Crippen molar-refractivity contribution in [1.29, 1.82) is 0 Å². The molecular weight excluding hydrogens is 430 g/mol. The third-order valence-electron chi connectivity index (χ3n) is 8.19. The standard InChI is InChI=1S/C28H25NO5/c1-14-7-8-16(11-15(14)2)23(30)13-34-28(33)19-5-3-4-6-22(19)29-26(31)24-17-9-10-18(21-12-20(17)21)25(24)27(29)32/h3-11,17-18,20-21,24-25H,12-13H2,1-2H3. The number of amides is 2. The van der Waals surface area contributed by atoms with Crippen LogP contribution in [0.3, 0.4) is 0 Å². The molecule has 3 fully saturated rings. The zero-order valence-corrected chi connectivity index (χ0v) is 19.1. The van der Waals surface area contributed by atoms with E-state index in [1.165, 1.54) is 11.0 Å². The van der Waals surface area contributed by atoms with E-state index in [2.05, 4.69) is 12.2 Å². The quantitative estimate of drug-likeness (QED) is 0.296. The summed E-state index contributed by atoms with van der Waals surface area (Å²) in [7, 11) is 0. The maximum atomic E-state index is 13.5. The number of allylic oxidation sites excluding steroid dienone is 2. The summed E-state index contributed by atoms with van der Waals surface area (Å²) >= 11 is 0. The number of anilines is 1. The van der Waals surface area contributed by atoms with Crippen molar-refractivity contribution >= 4 is 29.3 Å². The molecule has 2 saturated carbocycles. The fourth-order valence-corrected chi connectivity index (χ4v) is 6.24. The Labute approximate surface area is 197 Å². The third-order valence-corrected chi connectivity index (χ3v) is 8.19. The molecule has 0 aromatic heterocycles. The first-order valence-corrected chi connectivity index (χ1v) is 11.8. The van der Waals surface area contributed by atoms with Gasteiger partial charge in [0.15, 0.2) is 12.4 Å². The zero-order chi connectivity index (χ0) is 23.7. The molecule has 1 heterocycles. The van der Waals surface area contributed by atoms with E-state index in [1.807, 2.05) is 19.9 Å². The van der Waals surface area contributed by atoms with Crippen molar-refractivity contribution in [3.05, 3.63) is 76.9 Å². The number of esters is 1. The number of ether oxygens (including phenoxy) is 1.